The van der Waals surface area contributed by atoms with Crippen LogP contribution in [0.15, 0.2) is 11.6 Å². The number of aliphatic hydroxyl groups is 1. The number of ether oxygens (including phenoxy) is 2. The number of aliphatic hydroxyl groups excluding tert-OH is 1. The summed E-state index contributed by atoms with van der Waals surface area (Å²) < 4.78 is 11.3. The molecular weight excluding hydrogens is 448 g/mol. The van der Waals surface area contributed by atoms with Crippen molar-refractivity contribution in [3.05, 3.63) is 11.6 Å². The van der Waals surface area contributed by atoms with E-state index in [0.717, 1.165) is 18.4 Å². The smallest absolute Gasteiger partial charge is 0.306 e. The van der Waals surface area contributed by atoms with Crippen LogP contribution < -0.4 is 0 Å². The molecule has 7 heteroatoms. The average molecular weight is 489 g/mol. The van der Waals surface area contributed by atoms with Gasteiger partial charge < -0.3 is 14.6 Å². The third-order valence-electron chi connectivity index (χ3n) is 9.84. The number of hydrogen-bond acceptors (Lipinski definition) is 7. The number of allylic oxidation sites excluding steroid dienone is 2. The number of carbonyl (C=O) groups is 4. The summed E-state index contributed by atoms with van der Waals surface area (Å²) in [4.78, 5) is 50.4. The molecule has 0 heterocycles. The van der Waals surface area contributed by atoms with Crippen LogP contribution in [0.5, 0.6) is 0 Å². The lowest BCUT2D eigenvalue weighted by molar-refractivity contribution is -0.201. The van der Waals surface area contributed by atoms with Crippen LogP contribution in [0.2, 0.25) is 0 Å². The number of fused-ring (bicyclic) bond motifs is 5. The maximum Gasteiger partial charge on any atom is 0.306 e. The Kier molecular flexibility index (Phi) is 7.04. The highest BCUT2D eigenvalue weighted by Gasteiger charge is 2.70. The molecule has 3 saturated carbocycles. The molecule has 4 rings (SSSR count). The highest BCUT2D eigenvalue weighted by Crippen LogP contribution is 2.68. The fraction of sp³-hybridized carbons (Fsp3) is 0.786. The molecule has 0 amide bonds. The van der Waals surface area contributed by atoms with Gasteiger partial charge in [-0.3, -0.25) is 19.2 Å². The first-order valence-electron chi connectivity index (χ1n) is 13.3. The van der Waals surface area contributed by atoms with Crippen LogP contribution in [0.1, 0.15) is 91.9 Å². The minimum Gasteiger partial charge on any atom is -0.457 e. The molecular formula is C28H40O7. The van der Waals surface area contributed by atoms with Crippen LogP contribution in [0.4, 0.5) is 0 Å². The molecule has 3 fully saturated rings. The molecule has 0 radical (unpaired) electrons. The van der Waals surface area contributed by atoms with Gasteiger partial charge in [-0.1, -0.05) is 39.3 Å². The predicted molar refractivity (Wildman–Crippen MR) is 128 cm³/mol. The molecule has 0 spiro atoms. The van der Waals surface area contributed by atoms with Crippen molar-refractivity contribution < 1.29 is 33.8 Å². The van der Waals surface area contributed by atoms with Crippen LogP contribution in [0.3, 0.4) is 0 Å². The lowest BCUT2D eigenvalue weighted by Gasteiger charge is -2.60. The van der Waals surface area contributed by atoms with Crippen LogP contribution >= 0.6 is 0 Å². The standard InChI is InChI=1S/C28H40O7/c1-5-7-24(33)35-28(22(31)16-34-23(32)6-2)13-11-20-19-9-8-17-14-18(29)10-12-26(17,3)25(19)21(30)15-27(20,28)4/h8,19-21,25,30H,5-7,9-16H2,1-4H3/t19-,20-,21-,25+,26-,27-,28?/m0/s1. The summed E-state index contributed by atoms with van der Waals surface area (Å²) in [6, 6.07) is 0. The van der Waals surface area contributed by atoms with E-state index in [2.05, 4.69) is 13.0 Å². The molecule has 35 heavy (non-hydrogen) atoms. The van der Waals surface area contributed by atoms with E-state index in [4.69, 9.17) is 9.47 Å². The van der Waals surface area contributed by atoms with E-state index < -0.39 is 35.7 Å². The van der Waals surface area contributed by atoms with Crippen molar-refractivity contribution in [1.82, 2.24) is 0 Å². The van der Waals surface area contributed by atoms with E-state index in [-0.39, 0.29) is 47.6 Å². The number of esters is 2. The SMILES string of the molecule is CCCC(=O)OC1(C(=O)COC(=O)CC)CC[C@H]2[C@@H]3CC=C4CC(=O)CC[C@]4(C)[C@H]3[C@@H](O)C[C@@]21C. The molecule has 0 aromatic rings. The zero-order valence-corrected chi connectivity index (χ0v) is 21.6. The second-order valence-electron chi connectivity index (χ2n) is 11.6. The molecule has 1 N–H and O–H groups in total. The Morgan fingerprint density at radius 1 is 1.14 bits per heavy atom. The number of carbonyl (C=O) groups excluding carboxylic acids is 4. The minimum atomic E-state index is -1.42. The highest BCUT2D eigenvalue weighted by atomic mass is 16.6. The summed E-state index contributed by atoms with van der Waals surface area (Å²) in [6.07, 6.45) is 6.38. The average Bonchev–Trinajstić information content (AvgIpc) is 3.09. The van der Waals surface area contributed by atoms with E-state index in [1.807, 2.05) is 13.8 Å². The predicted octanol–water partition coefficient (Wildman–Crippen LogP) is 4.09. The maximum atomic E-state index is 13.7. The monoisotopic (exact) mass is 488 g/mol. The van der Waals surface area contributed by atoms with Crippen molar-refractivity contribution in [1.29, 1.82) is 0 Å². The van der Waals surface area contributed by atoms with Gasteiger partial charge in [0.2, 0.25) is 5.78 Å². The van der Waals surface area contributed by atoms with Crippen LogP contribution in [-0.4, -0.2) is 46.9 Å². The van der Waals surface area contributed by atoms with Crippen LogP contribution in [-0.2, 0) is 28.7 Å². The molecule has 1 unspecified atom stereocenters. The zero-order valence-electron chi connectivity index (χ0n) is 21.6. The summed E-state index contributed by atoms with van der Waals surface area (Å²) >= 11 is 0. The Morgan fingerprint density at radius 2 is 1.89 bits per heavy atom. The lowest BCUT2D eigenvalue weighted by Crippen LogP contribution is -2.63. The number of hydrogen-bond donors (Lipinski definition) is 1. The molecule has 0 saturated heterocycles. The topological polar surface area (TPSA) is 107 Å². The second-order valence-corrected chi connectivity index (χ2v) is 11.6. The van der Waals surface area contributed by atoms with Crippen molar-refractivity contribution in [3.8, 4) is 0 Å². The van der Waals surface area contributed by atoms with Gasteiger partial charge in [0.15, 0.2) is 12.2 Å². The van der Waals surface area contributed by atoms with E-state index in [9.17, 15) is 24.3 Å². The molecule has 194 valence electrons. The Morgan fingerprint density at radius 3 is 2.57 bits per heavy atom. The van der Waals surface area contributed by atoms with E-state index >= 15 is 0 Å². The first-order chi connectivity index (χ1) is 16.5. The summed E-state index contributed by atoms with van der Waals surface area (Å²) in [5, 5.41) is 11.6. The first kappa shape index (κ1) is 26.1. The quantitative estimate of drug-likeness (QED) is 0.425. The van der Waals surface area contributed by atoms with Gasteiger partial charge in [0.05, 0.1) is 6.10 Å². The van der Waals surface area contributed by atoms with E-state index in [1.165, 1.54) is 0 Å². The van der Waals surface area contributed by atoms with Crippen LogP contribution in [0, 0.1) is 28.6 Å². The molecule has 0 aliphatic heterocycles. The molecule has 0 aromatic carbocycles. The molecule has 7 atom stereocenters. The first-order valence-corrected chi connectivity index (χ1v) is 13.3. The largest absolute Gasteiger partial charge is 0.457 e. The van der Waals surface area contributed by atoms with Crippen molar-refractivity contribution >= 4 is 23.5 Å². The zero-order chi connectivity index (χ0) is 25.6. The third kappa shape index (κ3) is 4.08. The summed E-state index contributed by atoms with van der Waals surface area (Å²) in [5.74, 6) is -0.819. The molecule has 0 aromatic heterocycles. The van der Waals surface area contributed by atoms with Gasteiger partial charge in [-0.25, -0.2) is 0 Å². The van der Waals surface area contributed by atoms with Gasteiger partial charge in [0.25, 0.3) is 0 Å². The maximum absolute atomic E-state index is 13.7. The molecule has 0 bridgehead atoms. The Balaban J connectivity index is 1.70. The normalized spacial score (nSPS) is 40.1. The summed E-state index contributed by atoms with van der Waals surface area (Å²) in [7, 11) is 0. The summed E-state index contributed by atoms with van der Waals surface area (Å²) in [6.45, 7) is 7.29. The number of ketones is 2. The van der Waals surface area contributed by atoms with Gasteiger partial charge in [0.1, 0.15) is 5.78 Å². The molecule has 7 nitrogen and oxygen atoms in total. The van der Waals surface area contributed by atoms with Gasteiger partial charge in [-0.2, -0.15) is 0 Å². The van der Waals surface area contributed by atoms with Gasteiger partial charge in [-0.05, 0) is 61.7 Å². The minimum absolute atomic E-state index is 0.00356. The van der Waals surface area contributed by atoms with Crippen LogP contribution in [0.25, 0.3) is 0 Å². The van der Waals surface area contributed by atoms with Crippen molar-refractivity contribution in [2.45, 2.75) is 104 Å². The van der Waals surface area contributed by atoms with E-state index in [1.54, 1.807) is 6.92 Å². The van der Waals surface area contributed by atoms with E-state index in [0.29, 0.717) is 38.5 Å². The fourth-order valence-electron chi connectivity index (χ4n) is 8.09. The molecule has 4 aliphatic rings. The van der Waals surface area contributed by atoms with Crippen molar-refractivity contribution in [2.24, 2.45) is 28.6 Å². The lowest BCUT2D eigenvalue weighted by atomic mass is 9.46. The third-order valence-corrected chi connectivity index (χ3v) is 9.84. The molecule has 4 aliphatic carbocycles. The second kappa shape index (κ2) is 9.45. The Hall–Kier alpha value is -2.02. The fourth-order valence-corrected chi connectivity index (χ4v) is 8.09. The Bertz CT molecular complexity index is 938. The van der Waals surface area contributed by atoms with Gasteiger partial charge in [-0.15, -0.1) is 0 Å². The highest BCUT2D eigenvalue weighted by molar-refractivity contribution is 5.93. The van der Waals surface area contributed by atoms with Crippen molar-refractivity contribution in [3.63, 3.8) is 0 Å². The van der Waals surface area contributed by atoms with Gasteiger partial charge in [0, 0.05) is 31.1 Å². The summed E-state index contributed by atoms with van der Waals surface area (Å²) in [5.41, 5.74) is -1.27. The Labute approximate surface area is 208 Å². The van der Waals surface area contributed by atoms with Crippen molar-refractivity contribution in [2.75, 3.05) is 6.61 Å². The van der Waals surface area contributed by atoms with Gasteiger partial charge >= 0.3 is 11.9 Å². The number of Topliss-reactive ketones (excluding diaryl/α,β-unsaturated/α-hetero) is 2. The number of rotatable bonds is 7.